The predicted molar refractivity (Wildman–Crippen MR) is 112 cm³/mol. The fourth-order valence-electron chi connectivity index (χ4n) is 4.20. The minimum atomic E-state index is -1.52. The quantitative estimate of drug-likeness (QED) is 0.549. The Hall–Kier alpha value is -3.14. The number of piperidine rings is 1. The summed E-state index contributed by atoms with van der Waals surface area (Å²) in [5.41, 5.74) is 0.00635. The fourth-order valence-corrected chi connectivity index (χ4v) is 4.20. The minimum absolute atomic E-state index is 0.0509. The molecule has 3 aliphatic heterocycles. The van der Waals surface area contributed by atoms with Crippen LogP contribution in [0.2, 0.25) is 0 Å². The van der Waals surface area contributed by atoms with E-state index in [0.717, 1.165) is 12.8 Å². The Bertz CT molecular complexity index is 1020. The first-order valence-electron chi connectivity index (χ1n) is 10.6. The van der Waals surface area contributed by atoms with Crippen LogP contribution in [0.3, 0.4) is 0 Å². The van der Waals surface area contributed by atoms with Crippen molar-refractivity contribution >= 4 is 35.0 Å². The molecule has 32 heavy (non-hydrogen) atoms. The normalized spacial score (nSPS) is 23.0. The van der Waals surface area contributed by atoms with Crippen molar-refractivity contribution in [1.82, 2.24) is 10.2 Å². The average molecular weight is 444 g/mol. The maximum absolute atomic E-state index is 13.9. The lowest BCUT2D eigenvalue weighted by molar-refractivity contribution is -0.148. The molecule has 4 rings (SSSR count). The van der Waals surface area contributed by atoms with Crippen LogP contribution in [0.5, 0.6) is 0 Å². The van der Waals surface area contributed by atoms with E-state index < -0.39 is 35.1 Å². The number of ketones is 1. The summed E-state index contributed by atoms with van der Waals surface area (Å²) >= 11 is 0. The average Bonchev–Trinajstić information content (AvgIpc) is 2.75. The van der Waals surface area contributed by atoms with E-state index in [1.54, 1.807) is 13.8 Å². The third-order valence-corrected chi connectivity index (χ3v) is 5.89. The fraction of sp³-hybridized carbons (Fsp3) is 0.500. The summed E-state index contributed by atoms with van der Waals surface area (Å²) in [5, 5.41) is 2.62. The molecule has 10 heteroatoms. The van der Waals surface area contributed by atoms with Gasteiger partial charge in [-0.05, 0) is 44.4 Å². The SMILES string of the molecule is CC1(C)OCCN2C(=O)C(=O)C(C(=O)NCc3ccc(F)cc3N3CCCCC3=O)N=C21. The van der Waals surface area contributed by atoms with Gasteiger partial charge in [-0.1, -0.05) is 6.07 Å². The number of hydrogen-bond donors (Lipinski definition) is 1. The van der Waals surface area contributed by atoms with Crippen LogP contribution in [0.1, 0.15) is 38.7 Å². The molecule has 0 aromatic heterocycles. The number of rotatable bonds is 4. The second kappa shape index (κ2) is 8.42. The van der Waals surface area contributed by atoms with Gasteiger partial charge in [-0.3, -0.25) is 24.1 Å². The summed E-state index contributed by atoms with van der Waals surface area (Å²) < 4.78 is 19.5. The van der Waals surface area contributed by atoms with E-state index in [9.17, 15) is 23.6 Å². The smallest absolute Gasteiger partial charge is 0.298 e. The van der Waals surface area contributed by atoms with Crippen molar-refractivity contribution in [3.63, 3.8) is 0 Å². The van der Waals surface area contributed by atoms with Gasteiger partial charge in [-0.2, -0.15) is 0 Å². The summed E-state index contributed by atoms with van der Waals surface area (Å²) in [5.74, 6) is -2.78. The van der Waals surface area contributed by atoms with E-state index in [0.29, 0.717) is 24.2 Å². The van der Waals surface area contributed by atoms with Crippen molar-refractivity contribution in [1.29, 1.82) is 0 Å². The highest BCUT2D eigenvalue weighted by molar-refractivity contribution is 6.46. The Morgan fingerprint density at radius 1 is 1.22 bits per heavy atom. The van der Waals surface area contributed by atoms with Crippen molar-refractivity contribution < 1.29 is 28.3 Å². The number of nitrogens with one attached hydrogen (secondary N) is 1. The van der Waals surface area contributed by atoms with Crippen LogP contribution < -0.4 is 10.2 Å². The van der Waals surface area contributed by atoms with Gasteiger partial charge < -0.3 is 15.0 Å². The molecule has 0 saturated carbocycles. The van der Waals surface area contributed by atoms with E-state index in [-0.39, 0.29) is 31.4 Å². The highest BCUT2D eigenvalue weighted by Gasteiger charge is 2.47. The standard InChI is InChI=1S/C22H25FN4O5/c1-22(2)21-25-17(18(29)20(31)27(21)9-10-32-22)19(30)24-12-13-6-7-14(23)11-15(13)26-8-4-3-5-16(26)28/h6-7,11,17H,3-5,8-10,12H2,1-2H3,(H,24,30). The Morgan fingerprint density at radius 2 is 2.00 bits per heavy atom. The molecule has 0 aliphatic carbocycles. The summed E-state index contributed by atoms with van der Waals surface area (Å²) in [6, 6.07) is 2.48. The molecule has 1 aromatic rings. The van der Waals surface area contributed by atoms with E-state index in [4.69, 9.17) is 4.74 Å². The van der Waals surface area contributed by atoms with E-state index in [2.05, 4.69) is 10.3 Å². The number of aliphatic imine (C=N–C) groups is 1. The van der Waals surface area contributed by atoms with Gasteiger partial charge >= 0.3 is 0 Å². The number of halogens is 1. The number of benzene rings is 1. The van der Waals surface area contributed by atoms with Gasteiger partial charge in [0.1, 0.15) is 17.3 Å². The lowest BCUT2D eigenvalue weighted by Gasteiger charge is -2.41. The monoisotopic (exact) mass is 444 g/mol. The molecule has 2 fully saturated rings. The van der Waals surface area contributed by atoms with Crippen molar-refractivity contribution in [3.05, 3.63) is 29.6 Å². The maximum Gasteiger partial charge on any atom is 0.298 e. The van der Waals surface area contributed by atoms with Crippen LogP contribution in [0.4, 0.5) is 10.1 Å². The van der Waals surface area contributed by atoms with Crippen molar-refractivity contribution in [2.45, 2.75) is 51.3 Å². The molecule has 1 N–H and O–H groups in total. The number of amidine groups is 1. The molecule has 1 unspecified atom stereocenters. The van der Waals surface area contributed by atoms with Gasteiger partial charge in [0.2, 0.25) is 5.91 Å². The minimum Gasteiger partial charge on any atom is -0.366 e. The summed E-state index contributed by atoms with van der Waals surface area (Å²) in [6.45, 7) is 4.32. The van der Waals surface area contributed by atoms with E-state index in [1.807, 2.05) is 0 Å². The third-order valence-electron chi connectivity index (χ3n) is 5.89. The zero-order chi connectivity index (χ0) is 23.0. The summed E-state index contributed by atoms with van der Waals surface area (Å²) in [6.07, 6.45) is 1.97. The molecule has 1 atom stereocenters. The molecule has 0 spiro atoms. The van der Waals surface area contributed by atoms with E-state index in [1.165, 1.54) is 28.0 Å². The van der Waals surface area contributed by atoms with E-state index >= 15 is 0 Å². The largest absolute Gasteiger partial charge is 0.366 e. The van der Waals surface area contributed by atoms with Crippen molar-refractivity contribution in [2.24, 2.45) is 4.99 Å². The van der Waals surface area contributed by atoms with Gasteiger partial charge in [0, 0.05) is 19.5 Å². The van der Waals surface area contributed by atoms with Crippen molar-refractivity contribution in [2.75, 3.05) is 24.6 Å². The first-order chi connectivity index (χ1) is 15.2. The number of amides is 3. The summed E-state index contributed by atoms with van der Waals surface area (Å²) in [7, 11) is 0. The van der Waals surface area contributed by atoms with Crippen LogP contribution in [0, 0.1) is 5.82 Å². The first-order valence-corrected chi connectivity index (χ1v) is 10.6. The molecule has 170 valence electrons. The van der Waals surface area contributed by atoms with Crippen LogP contribution in [0.25, 0.3) is 0 Å². The molecular weight excluding hydrogens is 419 g/mol. The van der Waals surface area contributed by atoms with Crippen LogP contribution in [-0.4, -0.2) is 65.6 Å². The molecular formula is C22H25FN4O5. The first kappa shape index (κ1) is 22.1. The molecule has 1 aromatic carbocycles. The maximum atomic E-state index is 13.9. The highest BCUT2D eigenvalue weighted by Crippen LogP contribution is 2.27. The highest BCUT2D eigenvalue weighted by atomic mass is 19.1. The second-order valence-electron chi connectivity index (χ2n) is 8.53. The number of carbonyl (C=O) groups excluding carboxylic acids is 4. The lowest BCUT2D eigenvalue weighted by atomic mass is 9.99. The number of Topliss-reactive ketones (excluding diaryl/α,β-unsaturated/α-hetero) is 1. The molecule has 3 heterocycles. The van der Waals surface area contributed by atoms with Gasteiger partial charge in [-0.15, -0.1) is 0 Å². The number of nitrogens with zero attached hydrogens (tertiary/aromatic N) is 3. The molecule has 9 nitrogen and oxygen atoms in total. The molecule has 3 aliphatic rings. The van der Waals surface area contributed by atoms with Crippen LogP contribution in [0.15, 0.2) is 23.2 Å². The second-order valence-corrected chi connectivity index (χ2v) is 8.53. The number of ether oxygens (including phenoxy) is 1. The molecule has 3 amide bonds. The molecule has 2 saturated heterocycles. The lowest BCUT2D eigenvalue weighted by Crippen LogP contribution is -2.62. The Balaban J connectivity index is 1.55. The zero-order valence-corrected chi connectivity index (χ0v) is 18.0. The van der Waals surface area contributed by atoms with Crippen LogP contribution in [-0.2, 0) is 30.5 Å². The molecule has 0 radical (unpaired) electrons. The number of carbonyl (C=O) groups is 4. The number of fused-ring (bicyclic) bond motifs is 1. The topological polar surface area (TPSA) is 108 Å². The van der Waals surface area contributed by atoms with Gasteiger partial charge in [0.15, 0.2) is 6.04 Å². The van der Waals surface area contributed by atoms with Crippen molar-refractivity contribution in [3.8, 4) is 0 Å². The predicted octanol–water partition coefficient (Wildman–Crippen LogP) is 0.946. The number of hydrogen-bond acceptors (Lipinski definition) is 6. The van der Waals surface area contributed by atoms with Crippen LogP contribution >= 0.6 is 0 Å². The number of anilines is 1. The Labute approximate surface area is 184 Å². The zero-order valence-electron chi connectivity index (χ0n) is 18.0. The van der Waals surface area contributed by atoms with Gasteiger partial charge in [0.25, 0.3) is 17.6 Å². The Kier molecular flexibility index (Phi) is 5.81. The van der Waals surface area contributed by atoms with Gasteiger partial charge in [0.05, 0.1) is 18.8 Å². The number of morpholine rings is 1. The summed E-state index contributed by atoms with van der Waals surface area (Å²) in [4.78, 5) is 57.3. The van der Waals surface area contributed by atoms with Gasteiger partial charge in [-0.25, -0.2) is 9.38 Å². The third kappa shape index (κ3) is 4.02. The Morgan fingerprint density at radius 3 is 2.75 bits per heavy atom. The molecule has 0 bridgehead atoms.